The fraction of sp³-hybridized carbons (Fsp3) is 0.158. The van der Waals surface area contributed by atoms with Crippen molar-refractivity contribution < 1.29 is 19.4 Å². The lowest BCUT2D eigenvalue weighted by atomic mass is 10.0. The lowest BCUT2D eigenvalue weighted by molar-refractivity contribution is -0.134. The summed E-state index contributed by atoms with van der Waals surface area (Å²) in [5.41, 5.74) is 7.74. The van der Waals surface area contributed by atoms with Crippen molar-refractivity contribution in [2.75, 3.05) is 12.3 Å². The van der Waals surface area contributed by atoms with E-state index in [2.05, 4.69) is 0 Å². The Kier molecular flexibility index (Phi) is 4.70. The van der Waals surface area contributed by atoms with Gasteiger partial charge < -0.3 is 15.6 Å². The zero-order valence-corrected chi connectivity index (χ0v) is 13.5. The Morgan fingerprint density at radius 1 is 1.24 bits per heavy atom. The second kappa shape index (κ2) is 7.09. The van der Waals surface area contributed by atoms with Gasteiger partial charge in [-0.05, 0) is 35.8 Å². The van der Waals surface area contributed by atoms with E-state index in [1.165, 1.54) is 11.0 Å². The van der Waals surface area contributed by atoms with Gasteiger partial charge in [0.25, 0.3) is 0 Å². The summed E-state index contributed by atoms with van der Waals surface area (Å²) >= 11 is 0. The van der Waals surface area contributed by atoms with Crippen molar-refractivity contribution in [2.45, 2.75) is 12.5 Å². The molecule has 6 heteroatoms. The van der Waals surface area contributed by atoms with Gasteiger partial charge in [0.05, 0.1) is 6.04 Å². The van der Waals surface area contributed by atoms with Crippen LogP contribution >= 0.6 is 0 Å². The first kappa shape index (κ1) is 16.6. The lowest BCUT2D eigenvalue weighted by Gasteiger charge is -2.22. The standard InChI is InChI=1S/C19H18N2O4/c20-15-8-4-7-14(9-15)11-17(18(22)23)21-16(12-25-19(21)24)10-13-5-2-1-3-6-13/h1-9,11,16H,10,12,20H2,(H,22,23)/t16-/m0/s1. The molecule has 1 fully saturated rings. The van der Waals surface area contributed by atoms with Gasteiger partial charge in [-0.2, -0.15) is 0 Å². The molecule has 1 aliphatic heterocycles. The normalized spacial score (nSPS) is 17.4. The van der Waals surface area contributed by atoms with Gasteiger partial charge >= 0.3 is 12.1 Å². The molecule has 1 aliphatic rings. The number of nitrogen functional groups attached to an aromatic ring is 1. The average molecular weight is 338 g/mol. The first-order valence-corrected chi connectivity index (χ1v) is 7.85. The molecule has 3 N–H and O–H groups in total. The number of benzene rings is 2. The predicted octanol–water partition coefficient (Wildman–Crippen LogP) is 2.76. The van der Waals surface area contributed by atoms with Crippen molar-refractivity contribution in [3.8, 4) is 0 Å². The van der Waals surface area contributed by atoms with E-state index in [0.717, 1.165) is 5.56 Å². The lowest BCUT2D eigenvalue weighted by Crippen LogP contribution is -2.37. The highest BCUT2D eigenvalue weighted by Crippen LogP contribution is 2.24. The number of aliphatic carboxylic acids is 1. The number of carboxylic acid groups (broad SMARTS) is 1. The molecule has 1 saturated heterocycles. The molecule has 6 nitrogen and oxygen atoms in total. The maximum atomic E-state index is 12.2. The Labute approximate surface area is 145 Å². The number of nitrogens with zero attached hydrogens (tertiary/aromatic N) is 1. The van der Waals surface area contributed by atoms with E-state index in [9.17, 15) is 14.7 Å². The van der Waals surface area contributed by atoms with Gasteiger partial charge in [-0.3, -0.25) is 4.90 Å². The third kappa shape index (κ3) is 3.80. The third-order valence-corrected chi connectivity index (χ3v) is 3.97. The predicted molar refractivity (Wildman–Crippen MR) is 93.6 cm³/mol. The molecule has 25 heavy (non-hydrogen) atoms. The average Bonchev–Trinajstić information content (AvgIpc) is 2.94. The molecule has 0 aliphatic carbocycles. The highest BCUT2D eigenvalue weighted by molar-refractivity contribution is 5.96. The quantitative estimate of drug-likeness (QED) is 0.646. The maximum Gasteiger partial charge on any atom is 0.414 e. The zero-order chi connectivity index (χ0) is 17.8. The zero-order valence-electron chi connectivity index (χ0n) is 13.5. The summed E-state index contributed by atoms with van der Waals surface area (Å²) in [6.45, 7) is 0.148. The number of cyclic esters (lactones) is 1. The molecule has 0 spiro atoms. The van der Waals surface area contributed by atoms with Crippen LogP contribution in [0.1, 0.15) is 11.1 Å². The summed E-state index contributed by atoms with van der Waals surface area (Å²) in [6, 6.07) is 16.0. The van der Waals surface area contributed by atoms with E-state index in [0.29, 0.717) is 17.7 Å². The van der Waals surface area contributed by atoms with Crippen LogP contribution in [0.3, 0.4) is 0 Å². The van der Waals surface area contributed by atoms with Crippen molar-refractivity contribution >= 4 is 23.8 Å². The minimum atomic E-state index is -1.20. The van der Waals surface area contributed by atoms with E-state index in [4.69, 9.17) is 10.5 Å². The molecule has 0 unspecified atom stereocenters. The summed E-state index contributed by atoms with van der Waals surface area (Å²) in [7, 11) is 0. The SMILES string of the molecule is Nc1cccc(C=C(C(=O)O)N2C(=O)OC[C@@H]2Cc2ccccc2)c1. The number of hydrogen-bond acceptors (Lipinski definition) is 4. The summed E-state index contributed by atoms with van der Waals surface area (Å²) < 4.78 is 5.10. The number of ether oxygens (including phenoxy) is 1. The van der Waals surface area contributed by atoms with Crippen LogP contribution in [0.2, 0.25) is 0 Å². The van der Waals surface area contributed by atoms with Gasteiger partial charge in [-0.15, -0.1) is 0 Å². The summed E-state index contributed by atoms with van der Waals surface area (Å²) in [4.78, 5) is 25.1. The van der Waals surface area contributed by atoms with Gasteiger partial charge in [0.2, 0.25) is 0 Å². The molecular formula is C19H18N2O4. The van der Waals surface area contributed by atoms with Crippen LogP contribution < -0.4 is 5.73 Å². The van der Waals surface area contributed by atoms with Gasteiger partial charge in [0.1, 0.15) is 12.3 Å². The molecule has 3 rings (SSSR count). The Morgan fingerprint density at radius 3 is 2.68 bits per heavy atom. The van der Waals surface area contributed by atoms with E-state index < -0.39 is 12.1 Å². The monoisotopic (exact) mass is 338 g/mol. The first-order chi connectivity index (χ1) is 12.0. The maximum absolute atomic E-state index is 12.2. The molecule has 2 aromatic carbocycles. The van der Waals surface area contributed by atoms with Crippen molar-refractivity contribution in [3.05, 3.63) is 71.4 Å². The molecule has 128 valence electrons. The topological polar surface area (TPSA) is 92.9 Å². The number of hydrogen-bond donors (Lipinski definition) is 2. The number of rotatable bonds is 5. The first-order valence-electron chi connectivity index (χ1n) is 7.85. The fourth-order valence-corrected chi connectivity index (χ4v) is 2.83. The molecular weight excluding hydrogens is 320 g/mol. The van der Waals surface area contributed by atoms with E-state index in [1.54, 1.807) is 24.3 Å². The Hall–Kier alpha value is -3.28. The van der Waals surface area contributed by atoms with Gasteiger partial charge in [0.15, 0.2) is 0 Å². The molecule has 1 amide bonds. The fourth-order valence-electron chi connectivity index (χ4n) is 2.83. The molecule has 0 bridgehead atoms. The van der Waals surface area contributed by atoms with Crippen LogP contribution in [0.15, 0.2) is 60.3 Å². The van der Waals surface area contributed by atoms with E-state index in [1.807, 2.05) is 30.3 Å². The second-order valence-corrected chi connectivity index (χ2v) is 5.80. The number of amides is 1. The number of nitrogens with two attached hydrogens (primary N) is 1. The van der Waals surface area contributed by atoms with Crippen molar-refractivity contribution in [3.63, 3.8) is 0 Å². The smallest absolute Gasteiger partial charge is 0.414 e. The molecule has 0 radical (unpaired) electrons. The van der Waals surface area contributed by atoms with Crippen LogP contribution in [0, 0.1) is 0 Å². The molecule has 1 atom stereocenters. The van der Waals surface area contributed by atoms with Crippen LogP contribution in [-0.4, -0.2) is 34.7 Å². The Morgan fingerprint density at radius 2 is 2.00 bits per heavy atom. The second-order valence-electron chi connectivity index (χ2n) is 5.80. The summed E-state index contributed by atoms with van der Waals surface area (Å²) in [6.07, 6.45) is 1.29. The minimum Gasteiger partial charge on any atom is -0.477 e. The summed E-state index contributed by atoms with van der Waals surface area (Å²) in [5.74, 6) is -1.20. The van der Waals surface area contributed by atoms with Crippen LogP contribution in [0.4, 0.5) is 10.5 Å². The molecule has 2 aromatic rings. The van der Waals surface area contributed by atoms with Crippen molar-refractivity contribution in [1.29, 1.82) is 0 Å². The van der Waals surface area contributed by atoms with Gasteiger partial charge in [-0.1, -0.05) is 42.5 Å². The summed E-state index contributed by atoms with van der Waals surface area (Å²) in [5, 5.41) is 9.62. The highest BCUT2D eigenvalue weighted by atomic mass is 16.6. The van der Waals surface area contributed by atoms with Gasteiger partial charge in [0, 0.05) is 5.69 Å². The molecule has 0 saturated carbocycles. The van der Waals surface area contributed by atoms with Crippen molar-refractivity contribution in [1.82, 2.24) is 4.90 Å². The van der Waals surface area contributed by atoms with E-state index in [-0.39, 0.29) is 18.3 Å². The third-order valence-electron chi connectivity index (χ3n) is 3.97. The number of carboxylic acids is 1. The number of carbonyl (C=O) groups excluding carboxylic acids is 1. The van der Waals surface area contributed by atoms with E-state index >= 15 is 0 Å². The Bertz CT molecular complexity index is 817. The number of anilines is 1. The van der Waals surface area contributed by atoms with Crippen LogP contribution in [-0.2, 0) is 16.0 Å². The Balaban J connectivity index is 1.93. The van der Waals surface area contributed by atoms with Crippen molar-refractivity contribution in [2.24, 2.45) is 0 Å². The van der Waals surface area contributed by atoms with Crippen LogP contribution in [0.25, 0.3) is 6.08 Å². The molecule has 0 aromatic heterocycles. The highest BCUT2D eigenvalue weighted by Gasteiger charge is 2.38. The van der Waals surface area contributed by atoms with Crippen LogP contribution in [0.5, 0.6) is 0 Å². The number of carbonyl (C=O) groups is 2. The molecule has 1 heterocycles. The largest absolute Gasteiger partial charge is 0.477 e. The van der Waals surface area contributed by atoms with Gasteiger partial charge in [-0.25, -0.2) is 9.59 Å². The minimum absolute atomic E-state index is 0.131.